The van der Waals surface area contributed by atoms with Crippen molar-refractivity contribution in [3.05, 3.63) is 46.0 Å². The highest BCUT2D eigenvalue weighted by Gasteiger charge is 2.08. The van der Waals surface area contributed by atoms with Crippen LogP contribution in [0.2, 0.25) is 0 Å². The van der Waals surface area contributed by atoms with Crippen LogP contribution < -0.4 is 5.32 Å². The molecule has 1 N–H and O–H groups in total. The number of amides is 1. The Hall–Kier alpha value is -2.17. The van der Waals surface area contributed by atoms with Crippen LogP contribution in [0.3, 0.4) is 0 Å². The van der Waals surface area contributed by atoms with Crippen LogP contribution in [-0.2, 0) is 4.79 Å². The van der Waals surface area contributed by atoms with Crippen LogP contribution >= 0.6 is 0 Å². The third-order valence-corrected chi connectivity index (χ3v) is 2.00. The van der Waals surface area contributed by atoms with E-state index in [1.165, 1.54) is 24.3 Å². The van der Waals surface area contributed by atoms with Gasteiger partial charge in [-0.3, -0.25) is 14.9 Å². The Labute approximate surface area is 92.9 Å². The molecule has 0 bridgehead atoms. The quantitative estimate of drug-likeness (QED) is 0.483. The number of nitro benzene ring substituents is 1. The van der Waals surface area contributed by atoms with Crippen molar-refractivity contribution in [3.8, 4) is 0 Å². The lowest BCUT2D eigenvalue weighted by Gasteiger charge is -2.05. The molecule has 84 valence electrons. The summed E-state index contributed by atoms with van der Waals surface area (Å²) < 4.78 is 0. The lowest BCUT2D eigenvalue weighted by atomic mass is 10.2. The SMILES string of the molecule is CC=CC(=O)Nc1ccc([N+](=O)[O-])cc1C. The van der Waals surface area contributed by atoms with Crippen LogP contribution in [0.5, 0.6) is 0 Å². The summed E-state index contributed by atoms with van der Waals surface area (Å²) in [5.41, 5.74) is 1.25. The maximum absolute atomic E-state index is 11.3. The minimum atomic E-state index is -0.468. The molecule has 1 aromatic carbocycles. The Morgan fingerprint density at radius 3 is 2.69 bits per heavy atom. The predicted molar refractivity (Wildman–Crippen MR) is 61.3 cm³/mol. The molecule has 0 aromatic heterocycles. The van der Waals surface area contributed by atoms with E-state index >= 15 is 0 Å². The van der Waals surface area contributed by atoms with Gasteiger partial charge in [-0.1, -0.05) is 6.08 Å². The molecule has 1 aromatic rings. The van der Waals surface area contributed by atoms with Gasteiger partial charge >= 0.3 is 0 Å². The summed E-state index contributed by atoms with van der Waals surface area (Å²) in [6.07, 6.45) is 3.01. The van der Waals surface area contributed by atoms with Gasteiger partial charge in [0.25, 0.3) is 5.69 Å². The molecule has 0 radical (unpaired) electrons. The molecule has 0 aliphatic rings. The van der Waals surface area contributed by atoms with Crippen LogP contribution in [-0.4, -0.2) is 10.8 Å². The summed E-state index contributed by atoms with van der Waals surface area (Å²) in [5, 5.41) is 13.1. The van der Waals surface area contributed by atoms with Crippen molar-refractivity contribution in [2.75, 3.05) is 5.32 Å². The zero-order valence-corrected chi connectivity index (χ0v) is 9.06. The van der Waals surface area contributed by atoms with E-state index in [2.05, 4.69) is 5.32 Å². The summed E-state index contributed by atoms with van der Waals surface area (Å²) in [6, 6.07) is 4.30. The van der Waals surface area contributed by atoms with Crippen molar-refractivity contribution in [3.63, 3.8) is 0 Å². The van der Waals surface area contributed by atoms with Gasteiger partial charge in [0.2, 0.25) is 5.91 Å². The van der Waals surface area contributed by atoms with Crippen LogP contribution in [0.4, 0.5) is 11.4 Å². The van der Waals surface area contributed by atoms with Crippen molar-refractivity contribution < 1.29 is 9.72 Å². The van der Waals surface area contributed by atoms with Crippen LogP contribution in [0.25, 0.3) is 0 Å². The number of non-ortho nitro benzene ring substituents is 1. The van der Waals surface area contributed by atoms with E-state index in [1.807, 2.05) is 0 Å². The van der Waals surface area contributed by atoms with Gasteiger partial charge in [-0.15, -0.1) is 0 Å². The Morgan fingerprint density at radius 1 is 1.50 bits per heavy atom. The summed E-state index contributed by atoms with van der Waals surface area (Å²) in [6.45, 7) is 3.44. The van der Waals surface area contributed by atoms with Crippen molar-refractivity contribution >= 4 is 17.3 Å². The third kappa shape index (κ3) is 2.91. The molecule has 5 nitrogen and oxygen atoms in total. The van der Waals surface area contributed by atoms with E-state index in [4.69, 9.17) is 0 Å². The molecule has 5 heteroatoms. The number of nitro groups is 1. The fourth-order valence-corrected chi connectivity index (χ4v) is 1.23. The molecule has 0 saturated carbocycles. The Morgan fingerprint density at radius 2 is 2.19 bits per heavy atom. The second-order valence-corrected chi connectivity index (χ2v) is 3.25. The van der Waals surface area contributed by atoms with Crippen molar-refractivity contribution in [1.29, 1.82) is 0 Å². The van der Waals surface area contributed by atoms with Crippen molar-refractivity contribution in [1.82, 2.24) is 0 Å². The summed E-state index contributed by atoms with van der Waals surface area (Å²) in [7, 11) is 0. The maximum Gasteiger partial charge on any atom is 0.269 e. The smallest absolute Gasteiger partial charge is 0.269 e. The Balaban J connectivity index is 2.91. The molecule has 0 heterocycles. The highest BCUT2D eigenvalue weighted by atomic mass is 16.6. The van der Waals surface area contributed by atoms with Gasteiger partial charge in [-0.25, -0.2) is 0 Å². The van der Waals surface area contributed by atoms with Gasteiger partial charge in [0, 0.05) is 17.8 Å². The first-order valence-corrected chi connectivity index (χ1v) is 4.73. The molecule has 0 unspecified atom stereocenters. The van der Waals surface area contributed by atoms with E-state index in [1.54, 1.807) is 19.9 Å². The average Bonchev–Trinajstić information content (AvgIpc) is 2.21. The third-order valence-electron chi connectivity index (χ3n) is 2.00. The monoisotopic (exact) mass is 220 g/mol. The zero-order valence-electron chi connectivity index (χ0n) is 9.06. The van der Waals surface area contributed by atoms with Gasteiger partial charge in [0.15, 0.2) is 0 Å². The number of aryl methyl sites for hydroxylation is 1. The number of hydrogen-bond acceptors (Lipinski definition) is 3. The lowest BCUT2D eigenvalue weighted by Crippen LogP contribution is -2.08. The fraction of sp³-hybridized carbons (Fsp3) is 0.182. The van der Waals surface area contributed by atoms with Crippen LogP contribution in [0, 0.1) is 17.0 Å². The van der Waals surface area contributed by atoms with Crippen molar-refractivity contribution in [2.45, 2.75) is 13.8 Å². The summed E-state index contributed by atoms with van der Waals surface area (Å²) in [5.74, 6) is -0.251. The molecule has 1 rings (SSSR count). The average molecular weight is 220 g/mol. The molecule has 0 aliphatic heterocycles. The molecule has 1 amide bonds. The molecule has 16 heavy (non-hydrogen) atoms. The first-order valence-electron chi connectivity index (χ1n) is 4.73. The molecular weight excluding hydrogens is 208 g/mol. The fourth-order valence-electron chi connectivity index (χ4n) is 1.23. The summed E-state index contributed by atoms with van der Waals surface area (Å²) in [4.78, 5) is 21.3. The highest BCUT2D eigenvalue weighted by molar-refractivity contribution is 5.99. The zero-order chi connectivity index (χ0) is 12.1. The van der Waals surface area contributed by atoms with E-state index < -0.39 is 4.92 Å². The first kappa shape index (κ1) is 11.9. The number of carbonyl (C=O) groups is 1. The standard InChI is InChI=1S/C11H12N2O3/c1-3-4-11(14)12-10-6-5-9(13(15)16)7-8(10)2/h3-7H,1-2H3,(H,12,14). The first-order chi connectivity index (χ1) is 7.54. The van der Waals surface area contributed by atoms with E-state index in [0.717, 1.165) is 0 Å². The van der Waals surface area contributed by atoms with E-state index in [0.29, 0.717) is 11.3 Å². The van der Waals surface area contributed by atoms with Crippen LogP contribution in [0.1, 0.15) is 12.5 Å². The minimum absolute atomic E-state index is 0.0153. The number of nitrogens with zero attached hydrogens (tertiary/aromatic N) is 1. The van der Waals surface area contributed by atoms with Gasteiger partial charge in [-0.05, 0) is 31.6 Å². The number of nitrogens with one attached hydrogen (secondary N) is 1. The minimum Gasteiger partial charge on any atom is -0.322 e. The Bertz CT molecular complexity index is 453. The van der Waals surface area contributed by atoms with Gasteiger partial charge in [0.05, 0.1) is 4.92 Å². The number of allylic oxidation sites excluding steroid dienone is 1. The number of anilines is 1. The normalized spacial score (nSPS) is 10.4. The molecule has 0 fully saturated rings. The topological polar surface area (TPSA) is 72.2 Å². The van der Waals surface area contributed by atoms with Gasteiger partial charge in [0.1, 0.15) is 0 Å². The maximum atomic E-state index is 11.3. The number of rotatable bonds is 3. The lowest BCUT2D eigenvalue weighted by molar-refractivity contribution is -0.384. The second-order valence-electron chi connectivity index (χ2n) is 3.25. The molecular formula is C11H12N2O3. The number of benzene rings is 1. The molecule has 0 aliphatic carbocycles. The van der Waals surface area contributed by atoms with Crippen LogP contribution in [0.15, 0.2) is 30.4 Å². The second kappa shape index (κ2) is 5.06. The number of hydrogen-bond donors (Lipinski definition) is 1. The highest BCUT2D eigenvalue weighted by Crippen LogP contribution is 2.20. The van der Waals surface area contributed by atoms with E-state index in [9.17, 15) is 14.9 Å². The van der Waals surface area contributed by atoms with E-state index in [-0.39, 0.29) is 11.6 Å². The summed E-state index contributed by atoms with van der Waals surface area (Å²) >= 11 is 0. The van der Waals surface area contributed by atoms with Gasteiger partial charge < -0.3 is 5.32 Å². The molecule has 0 saturated heterocycles. The largest absolute Gasteiger partial charge is 0.322 e. The van der Waals surface area contributed by atoms with Crippen molar-refractivity contribution in [2.24, 2.45) is 0 Å². The van der Waals surface area contributed by atoms with Gasteiger partial charge in [-0.2, -0.15) is 0 Å². The molecule has 0 spiro atoms. The predicted octanol–water partition coefficient (Wildman–Crippen LogP) is 2.42. The number of carbonyl (C=O) groups excluding carboxylic acids is 1. The Kier molecular flexibility index (Phi) is 3.77. The molecule has 0 atom stereocenters.